The molecular formula is C14H18N2O4. The quantitative estimate of drug-likeness (QED) is 0.837. The number of ether oxygens (including phenoxy) is 1. The fourth-order valence-electron chi connectivity index (χ4n) is 3.39. The molecular weight excluding hydrogens is 260 g/mol. The molecule has 1 saturated carbocycles. The van der Waals surface area contributed by atoms with Crippen LogP contribution >= 0.6 is 0 Å². The number of amides is 1. The van der Waals surface area contributed by atoms with Gasteiger partial charge >= 0.3 is 5.97 Å². The van der Waals surface area contributed by atoms with Crippen LogP contribution in [-0.2, 0) is 14.3 Å². The SMILES string of the molecule is Cc1cc(NC(=O)[C@]23CC[C@](C)(C(=O)O2)C3(C)C)no1. The lowest BCUT2D eigenvalue weighted by atomic mass is 9.66. The molecule has 2 heterocycles. The first kappa shape index (κ1) is 13.1. The van der Waals surface area contributed by atoms with Gasteiger partial charge in [-0.3, -0.25) is 9.59 Å². The van der Waals surface area contributed by atoms with Crippen LogP contribution in [0, 0.1) is 17.8 Å². The van der Waals surface area contributed by atoms with Gasteiger partial charge in [0.1, 0.15) is 5.76 Å². The Kier molecular flexibility index (Phi) is 2.38. The number of carbonyl (C=O) groups excluding carboxylic acids is 2. The summed E-state index contributed by atoms with van der Waals surface area (Å²) in [7, 11) is 0. The predicted octanol–water partition coefficient (Wildman–Crippen LogP) is 2.04. The van der Waals surface area contributed by atoms with Gasteiger partial charge in [0.05, 0.1) is 5.41 Å². The van der Waals surface area contributed by atoms with Gasteiger partial charge in [-0.15, -0.1) is 0 Å². The minimum atomic E-state index is -1.12. The van der Waals surface area contributed by atoms with E-state index in [1.807, 2.05) is 20.8 Å². The molecule has 0 aromatic carbocycles. The van der Waals surface area contributed by atoms with Crippen molar-refractivity contribution in [3.05, 3.63) is 11.8 Å². The highest BCUT2D eigenvalue weighted by atomic mass is 16.6. The number of nitrogens with one attached hydrogen (secondary N) is 1. The molecule has 3 rings (SSSR count). The lowest BCUT2D eigenvalue weighted by Crippen LogP contribution is -2.50. The maximum Gasteiger partial charge on any atom is 0.313 e. The van der Waals surface area contributed by atoms with E-state index in [1.54, 1.807) is 13.0 Å². The van der Waals surface area contributed by atoms with E-state index >= 15 is 0 Å². The third kappa shape index (κ3) is 1.31. The van der Waals surface area contributed by atoms with Crippen molar-refractivity contribution in [3.8, 4) is 0 Å². The highest BCUT2D eigenvalue weighted by Gasteiger charge is 2.75. The van der Waals surface area contributed by atoms with E-state index in [0.717, 1.165) is 0 Å². The summed E-state index contributed by atoms with van der Waals surface area (Å²) in [6, 6.07) is 1.63. The van der Waals surface area contributed by atoms with Crippen LogP contribution in [0.2, 0.25) is 0 Å². The molecule has 2 bridgehead atoms. The zero-order chi connectivity index (χ0) is 14.8. The maximum atomic E-state index is 12.6. The van der Waals surface area contributed by atoms with E-state index in [1.165, 1.54) is 0 Å². The summed E-state index contributed by atoms with van der Waals surface area (Å²) < 4.78 is 10.4. The number of esters is 1. The molecule has 2 atom stereocenters. The highest BCUT2D eigenvalue weighted by molar-refractivity contribution is 6.02. The number of rotatable bonds is 2. The smallest absolute Gasteiger partial charge is 0.313 e. The number of hydrogen-bond acceptors (Lipinski definition) is 5. The number of aromatic nitrogens is 1. The summed E-state index contributed by atoms with van der Waals surface area (Å²) in [6.07, 6.45) is 1.19. The fourth-order valence-corrected chi connectivity index (χ4v) is 3.39. The van der Waals surface area contributed by atoms with Crippen LogP contribution in [0.25, 0.3) is 0 Å². The van der Waals surface area contributed by atoms with Gasteiger partial charge in [0.15, 0.2) is 11.4 Å². The van der Waals surface area contributed by atoms with Crippen molar-refractivity contribution < 1.29 is 18.8 Å². The van der Waals surface area contributed by atoms with Gasteiger partial charge < -0.3 is 14.6 Å². The number of carbonyl (C=O) groups is 2. The Labute approximate surface area is 116 Å². The zero-order valence-corrected chi connectivity index (χ0v) is 12.1. The van der Waals surface area contributed by atoms with E-state index in [4.69, 9.17) is 9.26 Å². The molecule has 108 valence electrons. The topological polar surface area (TPSA) is 81.4 Å². The molecule has 20 heavy (non-hydrogen) atoms. The lowest BCUT2D eigenvalue weighted by molar-refractivity contribution is -0.165. The first-order valence-electron chi connectivity index (χ1n) is 6.71. The Morgan fingerprint density at radius 1 is 1.35 bits per heavy atom. The zero-order valence-electron chi connectivity index (χ0n) is 12.1. The minimum absolute atomic E-state index is 0.291. The summed E-state index contributed by atoms with van der Waals surface area (Å²) in [5, 5.41) is 6.44. The van der Waals surface area contributed by atoms with Crippen molar-refractivity contribution in [2.24, 2.45) is 10.8 Å². The fraction of sp³-hybridized carbons (Fsp3) is 0.643. The second kappa shape index (κ2) is 3.62. The maximum absolute atomic E-state index is 12.6. The second-order valence-electron chi connectivity index (χ2n) is 6.45. The van der Waals surface area contributed by atoms with Gasteiger partial charge in [-0.2, -0.15) is 0 Å². The van der Waals surface area contributed by atoms with Gasteiger partial charge in [0.2, 0.25) is 0 Å². The summed E-state index contributed by atoms with van der Waals surface area (Å²) in [5.74, 6) is 0.330. The largest absolute Gasteiger partial charge is 0.448 e. The Morgan fingerprint density at radius 2 is 2.05 bits per heavy atom. The normalized spacial score (nSPS) is 34.1. The van der Waals surface area contributed by atoms with E-state index in [0.29, 0.717) is 24.4 Å². The molecule has 0 spiro atoms. The summed E-state index contributed by atoms with van der Waals surface area (Å²) in [5.41, 5.74) is -2.28. The molecule has 0 unspecified atom stereocenters. The highest BCUT2D eigenvalue weighted by Crippen LogP contribution is 2.65. The lowest BCUT2D eigenvalue weighted by Gasteiger charge is -2.35. The third-order valence-corrected chi connectivity index (χ3v) is 5.32. The van der Waals surface area contributed by atoms with Gasteiger partial charge in [-0.25, -0.2) is 0 Å². The first-order chi connectivity index (χ1) is 9.23. The Balaban J connectivity index is 1.93. The van der Waals surface area contributed by atoms with Crippen molar-refractivity contribution >= 4 is 17.7 Å². The number of hydrogen-bond donors (Lipinski definition) is 1. The molecule has 1 saturated heterocycles. The van der Waals surface area contributed by atoms with Crippen LogP contribution in [0.15, 0.2) is 10.6 Å². The number of anilines is 1. The van der Waals surface area contributed by atoms with Crippen molar-refractivity contribution in [1.29, 1.82) is 0 Å². The summed E-state index contributed by atoms with van der Waals surface area (Å²) >= 11 is 0. The molecule has 1 aromatic heterocycles. The van der Waals surface area contributed by atoms with Crippen LogP contribution < -0.4 is 5.32 Å². The van der Waals surface area contributed by atoms with Crippen LogP contribution in [0.3, 0.4) is 0 Å². The van der Waals surface area contributed by atoms with Crippen LogP contribution in [-0.4, -0.2) is 22.6 Å². The molecule has 2 aliphatic rings. The average Bonchev–Trinajstić information content (AvgIpc) is 2.89. The van der Waals surface area contributed by atoms with Crippen LogP contribution in [0.5, 0.6) is 0 Å². The van der Waals surface area contributed by atoms with Crippen molar-refractivity contribution in [3.63, 3.8) is 0 Å². The van der Waals surface area contributed by atoms with Crippen LogP contribution in [0.4, 0.5) is 5.82 Å². The Hall–Kier alpha value is -1.85. The molecule has 1 aliphatic carbocycles. The first-order valence-corrected chi connectivity index (χ1v) is 6.71. The summed E-state index contributed by atoms with van der Waals surface area (Å²) in [4.78, 5) is 24.7. The van der Waals surface area contributed by atoms with Gasteiger partial charge in [-0.05, 0) is 26.7 Å². The van der Waals surface area contributed by atoms with Gasteiger partial charge in [-0.1, -0.05) is 19.0 Å². The Morgan fingerprint density at radius 3 is 2.50 bits per heavy atom. The van der Waals surface area contributed by atoms with Gasteiger partial charge in [0.25, 0.3) is 5.91 Å². The average molecular weight is 278 g/mol. The molecule has 6 nitrogen and oxygen atoms in total. The standard InChI is InChI=1S/C14H18N2O4/c1-8-7-9(16-20-8)15-10(17)14-6-5-13(4,11(18)19-14)12(14,2)3/h7H,5-6H2,1-4H3,(H,15,16,17)/t13-,14+/m1/s1. The molecule has 1 N–H and O–H groups in total. The second-order valence-corrected chi connectivity index (χ2v) is 6.45. The number of nitrogens with zero attached hydrogens (tertiary/aromatic N) is 1. The van der Waals surface area contributed by atoms with Gasteiger partial charge in [0, 0.05) is 11.5 Å². The number of fused-ring (bicyclic) bond motifs is 2. The van der Waals surface area contributed by atoms with Crippen molar-refractivity contribution in [2.45, 2.75) is 46.1 Å². The number of aryl methyl sites for hydroxylation is 1. The van der Waals surface area contributed by atoms with Crippen molar-refractivity contribution in [2.75, 3.05) is 5.32 Å². The molecule has 2 fully saturated rings. The molecule has 1 aromatic rings. The van der Waals surface area contributed by atoms with E-state index in [9.17, 15) is 9.59 Å². The predicted molar refractivity (Wildman–Crippen MR) is 69.8 cm³/mol. The third-order valence-electron chi connectivity index (χ3n) is 5.32. The van der Waals surface area contributed by atoms with E-state index < -0.39 is 16.4 Å². The molecule has 1 amide bonds. The molecule has 0 radical (unpaired) electrons. The summed E-state index contributed by atoms with van der Waals surface area (Å²) in [6.45, 7) is 7.45. The molecule has 1 aliphatic heterocycles. The molecule has 6 heteroatoms. The van der Waals surface area contributed by atoms with E-state index in [2.05, 4.69) is 10.5 Å². The minimum Gasteiger partial charge on any atom is -0.448 e. The Bertz CT molecular complexity index is 606. The van der Waals surface area contributed by atoms with Crippen molar-refractivity contribution in [1.82, 2.24) is 5.16 Å². The monoisotopic (exact) mass is 278 g/mol. The van der Waals surface area contributed by atoms with Crippen LogP contribution in [0.1, 0.15) is 39.4 Å². The van der Waals surface area contributed by atoms with E-state index in [-0.39, 0.29) is 11.9 Å².